The molecule has 1 aliphatic rings. The van der Waals surface area contributed by atoms with Crippen molar-refractivity contribution in [3.8, 4) is 0 Å². The minimum absolute atomic E-state index is 0.234. The Morgan fingerprint density at radius 2 is 1.92 bits per heavy atom. The lowest BCUT2D eigenvalue weighted by Gasteiger charge is -2.01. The molecule has 0 radical (unpaired) electrons. The Bertz CT molecular complexity index is 314. The zero-order chi connectivity index (χ0) is 9.26. The molecule has 3 N–H and O–H groups in total. The highest BCUT2D eigenvalue weighted by atomic mass is 16.2. The molecule has 3 nitrogen and oxygen atoms in total. The van der Waals surface area contributed by atoms with E-state index in [1.807, 2.05) is 24.3 Å². The number of amides is 1. The zero-order valence-corrected chi connectivity index (χ0v) is 7.29. The molecule has 0 bridgehead atoms. The number of hydrazine groups is 1. The fourth-order valence-electron chi connectivity index (χ4n) is 1.41. The molecule has 0 saturated heterocycles. The van der Waals surface area contributed by atoms with Crippen LogP contribution in [-0.4, -0.2) is 5.91 Å². The van der Waals surface area contributed by atoms with E-state index in [2.05, 4.69) is 5.43 Å². The van der Waals surface area contributed by atoms with Crippen molar-refractivity contribution in [1.82, 2.24) is 5.43 Å². The van der Waals surface area contributed by atoms with Gasteiger partial charge in [0.15, 0.2) is 0 Å². The van der Waals surface area contributed by atoms with Gasteiger partial charge < -0.3 is 0 Å². The molecule has 0 aliphatic heterocycles. The van der Waals surface area contributed by atoms with Gasteiger partial charge in [0.25, 0.3) is 5.91 Å². The molecule has 1 aliphatic carbocycles. The molecule has 1 amide bonds. The zero-order valence-electron chi connectivity index (χ0n) is 7.29. The summed E-state index contributed by atoms with van der Waals surface area (Å²) in [6.45, 7) is 0. The second-order valence-electron chi connectivity index (χ2n) is 3.37. The van der Waals surface area contributed by atoms with Crippen LogP contribution in [0.2, 0.25) is 0 Å². The predicted octanol–water partition coefficient (Wildman–Crippen LogP) is 1.17. The number of carbonyl (C=O) groups excluding carboxylic acids is 1. The summed E-state index contributed by atoms with van der Waals surface area (Å²) in [5.74, 6) is 5.51. The Morgan fingerprint density at radius 3 is 2.38 bits per heavy atom. The van der Waals surface area contributed by atoms with Crippen LogP contribution in [0.5, 0.6) is 0 Å². The van der Waals surface area contributed by atoms with Gasteiger partial charge in [-0.15, -0.1) is 0 Å². The Morgan fingerprint density at radius 1 is 1.31 bits per heavy atom. The first-order chi connectivity index (χ1) is 6.31. The standard InChI is InChI=1S/C10H12N2O/c11-12-10(13)9-5-3-8(4-6-9)7-1-2-7/h3-7H,1-2,11H2,(H,12,13). The number of nitrogens with one attached hydrogen (secondary N) is 1. The van der Waals surface area contributed by atoms with Crippen LogP contribution >= 0.6 is 0 Å². The maximum Gasteiger partial charge on any atom is 0.265 e. The van der Waals surface area contributed by atoms with Crippen LogP contribution < -0.4 is 11.3 Å². The van der Waals surface area contributed by atoms with Gasteiger partial charge in [0.05, 0.1) is 0 Å². The average Bonchev–Trinajstić information content (AvgIpc) is 3.00. The van der Waals surface area contributed by atoms with E-state index in [4.69, 9.17) is 5.84 Å². The van der Waals surface area contributed by atoms with Crippen molar-refractivity contribution in [1.29, 1.82) is 0 Å². The number of benzene rings is 1. The number of rotatable bonds is 2. The van der Waals surface area contributed by atoms with Crippen LogP contribution in [-0.2, 0) is 0 Å². The van der Waals surface area contributed by atoms with Gasteiger partial charge in [-0.1, -0.05) is 12.1 Å². The third kappa shape index (κ3) is 1.70. The van der Waals surface area contributed by atoms with Crippen LogP contribution in [0.25, 0.3) is 0 Å². The monoisotopic (exact) mass is 176 g/mol. The third-order valence-electron chi connectivity index (χ3n) is 2.35. The highest BCUT2D eigenvalue weighted by Gasteiger charge is 2.23. The number of nitrogen functional groups attached to an aromatic ring is 1. The summed E-state index contributed by atoms with van der Waals surface area (Å²) in [5.41, 5.74) is 4.05. The second kappa shape index (κ2) is 3.18. The van der Waals surface area contributed by atoms with Crippen molar-refractivity contribution in [2.45, 2.75) is 18.8 Å². The molecular formula is C10H12N2O. The lowest BCUT2D eigenvalue weighted by Crippen LogP contribution is -2.29. The van der Waals surface area contributed by atoms with Crippen molar-refractivity contribution < 1.29 is 4.79 Å². The summed E-state index contributed by atoms with van der Waals surface area (Å²) in [6, 6.07) is 7.64. The van der Waals surface area contributed by atoms with Gasteiger partial charge in [0, 0.05) is 5.56 Å². The molecule has 68 valence electrons. The van der Waals surface area contributed by atoms with Gasteiger partial charge in [-0.3, -0.25) is 10.2 Å². The van der Waals surface area contributed by atoms with Crippen molar-refractivity contribution in [2.75, 3.05) is 0 Å². The van der Waals surface area contributed by atoms with E-state index in [1.54, 1.807) is 0 Å². The van der Waals surface area contributed by atoms with Crippen molar-refractivity contribution in [3.63, 3.8) is 0 Å². The predicted molar refractivity (Wildman–Crippen MR) is 50.1 cm³/mol. The highest BCUT2D eigenvalue weighted by molar-refractivity contribution is 5.93. The molecule has 2 rings (SSSR count). The van der Waals surface area contributed by atoms with E-state index in [0.717, 1.165) is 5.92 Å². The first-order valence-corrected chi connectivity index (χ1v) is 4.42. The summed E-state index contributed by atoms with van der Waals surface area (Å²) in [6.07, 6.45) is 2.56. The molecule has 13 heavy (non-hydrogen) atoms. The van der Waals surface area contributed by atoms with Crippen LogP contribution in [0, 0.1) is 0 Å². The topological polar surface area (TPSA) is 55.1 Å². The minimum atomic E-state index is -0.234. The Kier molecular flexibility index (Phi) is 2.02. The molecule has 0 aromatic heterocycles. The third-order valence-corrected chi connectivity index (χ3v) is 2.35. The molecular weight excluding hydrogens is 164 g/mol. The largest absolute Gasteiger partial charge is 0.290 e. The number of hydrogen-bond donors (Lipinski definition) is 2. The summed E-state index contributed by atoms with van der Waals surface area (Å²) >= 11 is 0. The summed E-state index contributed by atoms with van der Waals surface area (Å²) < 4.78 is 0. The maximum absolute atomic E-state index is 11.1. The van der Waals surface area contributed by atoms with Crippen molar-refractivity contribution in [3.05, 3.63) is 35.4 Å². The summed E-state index contributed by atoms with van der Waals surface area (Å²) in [7, 11) is 0. The molecule has 3 heteroatoms. The quantitative estimate of drug-likeness (QED) is 0.403. The van der Waals surface area contributed by atoms with E-state index in [-0.39, 0.29) is 5.91 Å². The van der Waals surface area contributed by atoms with Gasteiger partial charge in [0.1, 0.15) is 0 Å². The van der Waals surface area contributed by atoms with Gasteiger partial charge in [-0.25, -0.2) is 5.84 Å². The van der Waals surface area contributed by atoms with Gasteiger partial charge >= 0.3 is 0 Å². The second-order valence-corrected chi connectivity index (χ2v) is 3.37. The van der Waals surface area contributed by atoms with E-state index in [0.29, 0.717) is 5.56 Å². The van der Waals surface area contributed by atoms with E-state index < -0.39 is 0 Å². The first-order valence-electron chi connectivity index (χ1n) is 4.42. The average molecular weight is 176 g/mol. The lowest BCUT2D eigenvalue weighted by atomic mass is 10.1. The van der Waals surface area contributed by atoms with Crippen LogP contribution in [0.1, 0.15) is 34.7 Å². The summed E-state index contributed by atoms with van der Waals surface area (Å²) in [5, 5.41) is 0. The Labute approximate surface area is 76.9 Å². The fraction of sp³-hybridized carbons (Fsp3) is 0.300. The van der Waals surface area contributed by atoms with E-state index >= 15 is 0 Å². The first kappa shape index (κ1) is 8.26. The highest BCUT2D eigenvalue weighted by Crippen LogP contribution is 2.39. The number of carbonyl (C=O) groups is 1. The normalized spacial score (nSPS) is 15.5. The van der Waals surface area contributed by atoms with Crippen molar-refractivity contribution >= 4 is 5.91 Å². The molecule has 1 aromatic carbocycles. The number of hydrogen-bond acceptors (Lipinski definition) is 2. The van der Waals surface area contributed by atoms with Gasteiger partial charge in [-0.2, -0.15) is 0 Å². The molecule has 1 saturated carbocycles. The minimum Gasteiger partial charge on any atom is -0.290 e. The van der Waals surface area contributed by atoms with Crippen molar-refractivity contribution in [2.24, 2.45) is 5.84 Å². The van der Waals surface area contributed by atoms with Crippen LogP contribution in [0.15, 0.2) is 24.3 Å². The molecule has 0 atom stereocenters. The molecule has 0 heterocycles. The van der Waals surface area contributed by atoms with E-state index in [1.165, 1.54) is 18.4 Å². The van der Waals surface area contributed by atoms with Crippen LogP contribution in [0.4, 0.5) is 0 Å². The lowest BCUT2D eigenvalue weighted by molar-refractivity contribution is 0.0953. The molecule has 1 aromatic rings. The smallest absolute Gasteiger partial charge is 0.265 e. The Hall–Kier alpha value is -1.35. The van der Waals surface area contributed by atoms with Gasteiger partial charge in [-0.05, 0) is 36.5 Å². The molecule has 1 fully saturated rings. The fourth-order valence-corrected chi connectivity index (χ4v) is 1.41. The summed E-state index contributed by atoms with van der Waals surface area (Å²) in [4.78, 5) is 11.1. The van der Waals surface area contributed by atoms with Crippen LogP contribution in [0.3, 0.4) is 0 Å². The molecule has 0 unspecified atom stereocenters. The Balaban J connectivity index is 2.17. The van der Waals surface area contributed by atoms with Gasteiger partial charge in [0.2, 0.25) is 0 Å². The molecule has 0 spiro atoms. The maximum atomic E-state index is 11.1. The van der Waals surface area contributed by atoms with E-state index in [9.17, 15) is 4.79 Å². The number of nitrogens with two attached hydrogens (primary N) is 1. The SMILES string of the molecule is NNC(=O)c1ccc(C2CC2)cc1.